The summed E-state index contributed by atoms with van der Waals surface area (Å²) < 4.78 is 16.5. The molecule has 0 radical (unpaired) electrons. The van der Waals surface area contributed by atoms with E-state index in [4.69, 9.17) is 19.7 Å². The van der Waals surface area contributed by atoms with Crippen molar-refractivity contribution in [2.75, 3.05) is 7.11 Å². The van der Waals surface area contributed by atoms with Gasteiger partial charge in [0.05, 0.1) is 6.61 Å². The third-order valence-electron chi connectivity index (χ3n) is 3.51. The number of methoxy groups -OCH3 is 1. The number of aliphatic hydroxyl groups excluding tert-OH is 1. The Labute approximate surface area is 128 Å². The van der Waals surface area contributed by atoms with E-state index in [1.807, 2.05) is 30.3 Å². The molecule has 1 aromatic carbocycles. The predicted molar refractivity (Wildman–Crippen MR) is 79.8 cm³/mol. The van der Waals surface area contributed by atoms with Crippen LogP contribution >= 0.6 is 0 Å². The Morgan fingerprint density at radius 3 is 2.77 bits per heavy atom. The molecule has 7 heteroatoms. The number of hydrogen-bond acceptors (Lipinski definition) is 5. The lowest BCUT2D eigenvalue weighted by Gasteiger charge is -2.41. The van der Waals surface area contributed by atoms with Crippen LogP contribution in [0.3, 0.4) is 0 Å². The van der Waals surface area contributed by atoms with Gasteiger partial charge in [-0.3, -0.25) is 0 Å². The first-order valence-electron chi connectivity index (χ1n) is 6.90. The molecule has 1 aliphatic rings. The average Bonchev–Trinajstić information content (AvgIpc) is 2.56. The third kappa shape index (κ3) is 3.65. The second kappa shape index (κ2) is 7.93. The van der Waals surface area contributed by atoms with Gasteiger partial charge in [-0.15, -0.1) is 6.58 Å². The van der Waals surface area contributed by atoms with Gasteiger partial charge in [0.2, 0.25) is 0 Å². The molecule has 1 N–H and O–H groups in total. The van der Waals surface area contributed by atoms with Crippen LogP contribution in [0.15, 0.2) is 48.1 Å². The van der Waals surface area contributed by atoms with Gasteiger partial charge in [-0.2, -0.15) is 0 Å². The zero-order valence-corrected chi connectivity index (χ0v) is 12.3. The zero-order chi connectivity index (χ0) is 15.9. The topological polar surface area (TPSA) is 96.7 Å². The van der Waals surface area contributed by atoms with Crippen molar-refractivity contribution in [1.29, 1.82) is 0 Å². The first-order chi connectivity index (χ1) is 10.7. The Bertz CT molecular complexity index is 533. The van der Waals surface area contributed by atoms with Crippen LogP contribution in [-0.2, 0) is 20.8 Å². The Morgan fingerprint density at radius 2 is 2.18 bits per heavy atom. The number of rotatable bonds is 6. The molecular formula is C15H19N3O4. The molecule has 1 aliphatic heterocycles. The quantitative estimate of drug-likeness (QED) is 0.377. The standard InChI is InChI=1S/C15H19N3O4/c1-3-11-13(19)14(12(17-18-16)15(20-2)22-11)21-9-10-7-5-4-6-8-10/h3-8,11-15,19H,1,9H2,2H3/t11-,12+,13+,14+,15+/m0/s1. The van der Waals surface area contributed by atoms with E-state index in [2.05, 4.69) is 16.6 Å². The molecular weight excluding hydrogens is 286 g/mol. The molecule has 7 nitrogen and oxygen atoms in total. The van der Waals surface area contributed by atoms with Crippen molar-refractivity contribution in [2.24, 2.45) is 5.11 Å². The summed E-state index contributed by atoms with van der Waals surface area (Å²) in [7, 11) is 1.44. The first kappa shape index (κ1) is 16.5. The van der Waals surface area contributed by atoms with Gasteiger partial charge in [-0.25, -0.2) is 0 Å². The van der Waals surface area contributed by atoms with Crippen LogP contribution in [0, 0.1) is 0 Å². The fourth-order valence-corrected chi connectivity index (χ4v) is 2.39. The molecule has 1 aromatic rings. The molecule has 0 amide bonds. The summed E-state index contributed by atoms with van der Waals surface area (Å²) in [6, 6.07) is 8.73. The van der Waals surface area contributed by atoms with E-state index in [1.165, 1.54) is 13.2 Å². The number of ether oxygens (including phenoxy) is 3. The Balaban J connectivity index is 2.17. The minimum Gasteiger partial charge on any atom is -0.387 e. The van der Waals surface area contributed by atoms with E-state index in [0.717, 1.165) is 5.56 Å². The molecule has 118 valence electrons. The van der Waals surface area contributed by atoms with Crippen molar-refractivity contribution in [3.63, 3.8) is 0 Å². The Morgan fingerprint density at radius 1 is 1.45 bits per heavy atom. The van der Waals surface area contributed by atoms with Crippen molar-refractivity contribution >= 4 is 0 Å². The lowest BCUT2D eigenvalue weighted by atomic mass is 9.97. The van der Waals surface area contributed by atoms with Crippen molar-refractivity contribution < 1.29 is 19.3 Å². The highest BCUT2D eigenvalue weighted by atomic mass is 16.7. The van der Waals surface area contributed by atoms with Gasteiger partial charge in [0.15, 0.2) is 6.29 Å². The van der Waals surface area contributed by atoms with Gasteiger partial charge in [0.1, 0.15) is 24.4 Å². The molecule has 1 heterocycles. The minimum absolute atomic E-state index is 0.278. The van der Waals surface area contributed by atoms with E-state index in [0.29, 0.717) is 0 Å². The highest BCUT2D eigenvalue weighted by Crippen LogP contribution is 2.27. The van der Waals surface area contributed by atoms with Crippen molar-refractivity contribution in [3.05, 3.63) is 59.0 Å². The maximum absolute atomic E-state index is 10.4. The van der Waals surface area contributed by atoms with Crippen molar-refractivity contribution in [1.82, 2.24) is 0 Å². The molecule has 1 saturated heterocycles. The summed E-state index contributed by atoms with van der Waals surface area (Å²) in [6.45, 7) is 3.91. The van der Waals surface area contributed by atoms with Gasteiger partial charge >= 0.3 is 0 Å². The highest BCUT2D eigenvalue weighted by molar-refractivity contribution is 5.13. The smallest absolute Gasteiger partial charge is 0.169 e. The number of nitrogens with zero attached hydrogens (tertiary/aromatic N) is 3. The maximum atomic E-state index is 10.4. The molecule has 22 heavy (non-hydrogen) atoms. The highest BCUT2D eigenvalue weighted by Gasteiger charge is 2.45. The van der Waals surface area contributed by atoms with Crippen LogP contribution in [0.1, 0.15) is 5.56 Å². The summed E-state index contributed by atoms with van der Waals surface area (Å²) in [4.78, 5) is 2.80. The number of azide groups is 1. The molecule has 0 aliphatic carbocycles. The Kier molecular flexibility index (Phi) is 5.94. The van der Waals surface area contributed by atoms with Crippen LogP contribution in [0.25, 0.3) is 10.4 Å². The van der Waals surface area contributed by atoms with E-state index in [1.54, 1.807) is 0 Å². The van der Waals surface area contributed by atoms with E-state index >= 15 is 0 Å². The van der Waals surface area contributed by atoms with Crippen LogP contribution in [0.5, 0.6) is 0 Å². The van der Waals surface area contributed by atoms with Gasteiger partial charge in [0, 0.05) is 12.0 Å². The summed E-state index contributed by atoms with van der Waals surface area (Å²) >= 11 is 0. The van der Waals surface area contributed by atoms with Gasteiger partial charge in [0.25, 0.3) is 0 Å². The second-order valence-corrected chi connectivity index (χ2v) is 4.89. The SMILES string of the molecule is C=C[C@@H]1O[C@@H](OC)[C@H](N=[N+]=[N-])[C@@H](OCc2ccccc2)[C@@H]1O. The fourth-order valence-electron chi connectivity index (χ4n) is 2.39. The first-order valence-corrected chi connectivity index (χ1v) is 6.90. The molecule has 0 bridgehead atoms. The third-order valence-corrected chi connectivity index (χ3v) is 3.51. The van der Waals surface area contributed by atoms with Gasteiger partial charge in [-0.1, -0.05) is 41.5 Å². The molecule has 0 unspecified atom stereocenters. The van der Waals surface area contributed by atoms with Crippen LogP contribution < -0.4 is 0 Å². The van der Waals surface area contributed by atoms with Crippen LogP contribution in [-0.4, -0.2) is 42.9 Å². The summed E-state index contributed by atoms with van der Waals surface area (Å²) in [6.07, 6.45) is -1.73. The monoisotopic (exact) mass is 305 g/mol. The molecule has 2 rings (SSSR count). The summed E-state index contributed by atoms with van der Waals surface area (Å²) in [5, 5.41) is 14.0. The van der Waals surface area contributed by atoms with Gasteiger partial charge < -0.3 is 19.3 Å². The van der Waals surface area contributed by atoms with Crippen LogP contribution in [0.4, 0.5) is 0 Å². The summed E-state index contributed by atoms with van der Waals surface area (Å²) in [5.41, 5.74) is 9.68. The maximum Gasteiger partial charge on any atom is 0.169 e. The van der Waals surface area contributed by atoms with E-state index in [9.17, 15) is 5.11 Å². The Hall–Kier alpha value is -1.89. The van der Waals surface area contributed by atoms with Crippen LogP contribution in [0.2, 0.25) is 0 Å². The van der Waals surface area contributed by atoms with Crippen molar-refractivity contribution in [2.45, 2.75) is 37.3 Å². The normalized spacial score (nSPS) is 31.3. The zero-order valence-electron chi connectivity index (χ0n) is 12.3. The summed E-state index contributed by atoms with van der Waals surface area (Å²) in [5.74, 6) is 0. The number of aliphatic hydroxyl groups is 1. The molecule has 0 spiro atoms. The van der Waals surface area contributed by atoms with E-state index < -0.39 is 30.6 Å². The number of benzene rings is 1. The lowest BCUT2D eigenvalue weighted by molar-refractivity contribution is -0.249. The van der Waals surface area contributed by atoms with E-state index in [-0.39, 0.29) is 6.61 Å². The molecule has 0 aromatic heterocycles. The molecule has 5 atom stereocenters. The largest absolute Gasteiger partial charge is 0.387 e. The molecule has 0 saturated carbocycles. The molecule has 1 fully saturated rings. The van der Waals surface area contributed by atoms with Crippen molar-refractivity contribution in [3.8, 4) is 0 Å². The lowest BCUT2D eigenvalue weighted by Crippen LogP contribution is -2.57. The second-order valence-electron chi connectivity index (χ2n) is 4.89. The average molecular weight is 305 g/mol. The van der Waals surface area contributed by atoms with Gasteiger partial charge in [-0.05, 0) is 11.1 Å². The fraction of sp³-hybridized carbons (Fsp3) is 0.467. The predicted octanol–water partition coefficient (Wildman–Crippen LogP) is 2.17. The number of hydrogen-bond donors (Lipinski definition) is 1. The minimum atomic E-state index is -0.997.